The zero-order valence-electron chi connectivity index (χ0n) is 9.85. The van der Waals surface area contributed by atoms with Crippen LogP contribution in [0.5, 0.6) is 0 Å². The van der Waals surface area contributed by atoms with Crippen LogP contribution in [0.3, 0.4) is 0 Å². The Kier molecular flexibility index (Phi) is 3.61. The van der Waals surface area contributed by atoms with E-state index in [-0.39, 0.29) is 0 Å². The van der Waals surface area contributed by atoms with Crippen molar-refractivity contribution in [1.82, 2.24) is 4.90 Å². The minimum atomic E-state index is 0.596. The molecular weight excluding hydrogens is 220 g/mol. The number of thiophene rings is 1. The molecule has 88 valence electrons. The molecule has 1 atom stereocenters. The fourth-order valence-corrected chi connectivity index (χ4v) is 2.99. The van der Waals surface area contributed by atoms with Gasteiger partial charge in [0.05, 0.1) is 4.88 Å². The highest BCUT2D eigenvalue weighted by Crippen LogP contribution is 2.24. The predicted molar refractivity (Wildman–Crippen MR) is 68.6 cm³/mol. The van der Waals surface area contributed by atoms with Gasteiger partial charge in [0.15, 0.2) is 6.29 Å². The van der Waals surface area contributed by atoms with Crippen LogP contribution in [0.25, 0.3) is 0 Å². The molecule has 16 heavy (non-hydrogen) atoms. The summed E-state index contributed by atoms with van der Waals surface area (Å²) in [4.78, 5) is 16.3. The first-order chi connectivity index (χ1) is 7.74. The number of carbonyl (C=O) groups excluding carboxylic acids is 1. The molecule has 0 N–H and O–H groups in total. The number of nitrogens with zero attached hydrogens (tertiary/aromatic N) is 2. The molecule has 0 saturated carbocycles. The van der Waals surface area contributed by atoms with E-state index >= 15 is 0 Å². The molecule has 1 aliphatic rings. The Labute approximate surface area is 101 Å². The Morgan fingerprint density at radius 1 is 1.56 bits per heavy atom. The Balaban J connectivity index is 2.04. The fourth-order valence-electron chi connectivity index (χ4n) is 2.27. The lowest BCUT2D eigenvalue weighted by molar-refractivity contribution is 0.112. The Morgan fingerprint density at radius 3 is 2.94 bits per heavy atom. The number of rotatable bonds is 3. The van der Waals surface area contributed by atoms with E-state index < -0.39 is 0 Å². The van der Waals surface area contributed by atoms with E-state index in [1.807, 2.05) is 6.07 Å². The third-order valence-corrected chi connectivity index (χ3v) is 4.10. The summed E-state index contributed by atoms with van der Waals surface area (Å²) in [6.07, 6.45) is 0.930. The van der Waals surface area contributed by atoms with Gasteiger partial charge in [0.25, 0.3) is 0 Å². The topological polar surface area (TPSA) is 23.6 Å². The molecule has 2 heterocycles. The zero-order valence-corrected chi connectivity index (χ0v) is 10.7. The van der Waals surface area contributed by atoms with Crippen LogP contribution in [0.1, 0.15) is 23.5 Å². The Hall–Kier alpha value is -0.870. The van der Waals surface area contributed by atoms with Gasteiger partial charge in [0.2, 0.25) is 0 Å². The number of aldehydes is 1. The third kappa shape index (κ3) is 2.28. The molecule has 1 aliphatic heterocycles. The zero-order chi connectivity index (χ0) is 11.5. The highest BCUT2D eigenvalue weighted by Gasteiger charge is 2.22. The quantitative estimate of drug-likeness (QED) is 0.753. The highest BCUT2D eigenvalue weighted by molar-refractivity contribution is 7.12. The van der Waals surface area contributed by atoms with Gasteiger partial charge in [0.1, 0.15) is 0 Å². The van der Waals surface area contributed by atoms with Gasteiger partial charge in [-0.2, -0.15) is 0 Å². The highest BCUT2D eigenvalue weighted by atomic mass is 32.1. The lowest BCUT2D eigenvalue weighted by Crippen LogP contribution is -2.51. The smallest absolute Gasteiger partial charge is 0.160 e. The van der Waals surface area contributed by atoms with E-state index in [4.69, 9.17) is 0 Å². The summed E-state index contributed by atoms with van der Waals surface area (Å²) in [6, 6.07) is 2.59. The second-order valence-electron chi connectivity index (χ2n) is 4.25. The van der Waals surface area contributed by atoms with Crippen LogP contribution in [0.4, 0.5) is 5.69 Å². The first-order valence-electron chi connectivity index (χ1n) is 5.77. The molecule has 1 aromatic rings. The van der Waals surface area contributed by atoms with Crippen LogP contribution in [-0.2, 0) is 0 Å². The van der Waals surface area contributed by atoms with Crippen LogP contribution < -0.4 is 4.90 Å². The van der Waals surface area contributed by atoms with E-state index in [1.54, 1.807) is 0 Å². The summed E-state index contributed by atoms with van der Waals surface area (Å²) in [5.41, 5.74) is 1.20. The van der Waals surface area contributed by atoms with Gasteiger partial charge in [0, 0.05) is 36.7 Å². The molecule has 1 unspecified atom stereocenters. The molecule has 0 radical (unpaired) electrons. The molecule has 1 fully saturated rings. The number of carbonyl (C=O) groups is 1. The molecule has 0 aliphatic carbocycles. The molecule has 2 rings (SSSR count). The minimum Gasteiger partial charge on any atom is -0.368 e. The molecule has 1 saturated heterocycles. The SMILES string of the molecule is CCN1CCN(c2csc(C=O)c2)CC1C. The lowest BCUT2D eigenvalue weighted by atomic mass is 10.2. The van der Waals surface area contributed by atoms with Crippen LogP contribution in [-0.4, -0.2) is 43.4 Å². The van der Waals surface area contributed by atoms with Crippen molar-refractivity contribution in [3.05, 3.63) is 16.3 Å². The number of hydrogen-bond acceptors (Lipinski definition) is 4. The summed E-state index contributed by atoms with van der Waals surface area (Å²) in [5, 5.41) is 2.08. The van der Waals surface area contributed by atoms with E-state index in [0.29, 0.717) is 6.04 Å². The maximum atomic E-state index is 10.6. The van der Waals surface area contributed by atoms with Crippen molar-refractivity contribution in [3.63, 3.8) is 0 Å². The second kappa shape index (κ2) is 4.97. The average Bonchev–Trinajstić information content (AvgIpc) is 2.77. The largest absolute Gasteiger partial charge is 0.368 e. The minimum absolute atomic E-state index is 0.596. The van der Waals surface area contributed by atoms with Crippen LogP contribution in [0.2, 0.25) is 0 Å². The molecule has 0 bridgehead atoms. The van der Waals surface area contributed by atoms with E-state index in [9.17, 15) is 4.79 Å². The van der Waals surface area contributed by atoms with E-state index in [1.165, 1.54) is 17.0 Å². The van der Waals surface area contributed by atoms with Gasteiger partial charge < -0.3 is 4.90 Å². The Bertz CT molecular complexity index is 364. The standard InChI is InChI=1S/C12H18N2OS/c1-3-13-4-5-14(7-10(13)2)11-6-12(8-15)16-9-11/h6,8-10H,3-5,7H2,1-2H3. The number of anilines is 1. The van der Waals surface area contributed by atoms with Gasteiger partial charge in [-0.1, -0.05) is 6.92 Å². The van der Waals surface area contributed by atoms with Crippen molar-refractivity contribution in [1.29, 1.82) is 0 Å². The van der Waals surface area contributed by atoms with Crippen molar-refractivity contribution in [2.75, 3.05) is 31.1 Å². The molecule has 0 spiro atoms. The monoisotopic (exact) mass is 238 g/mol. The number of likely N-dealkylation sites (N-methyl/N-ethyl adjacent to an activating group) is 1. The Morgan fingerprint density at radius 2 is 2.38 bits per heavy atom. The van der Waals surface area contributed by atoms with Crippen molar-refractivity contribution in [2.45, 2.75) is 19.9 Å². The van der Waals surface area contributed by atoms with Gasteiger partial charge in [-0.05, 0) is 19.5 Å². The average molecular weight is 238 g/mol. The third-order valence-electron chi connectivity index (χ3n) is 3.26. The van der Waals surface area contributed by atoms with Crippen molar-refractivity contribution in [3.8, 4) is 0 Å². The van der Waals surface area contributed by atoms with Crippen molar-refractivity contribution < 1.29 is 4.79 Å². The van der Waals surface area contributed by atoms with Gasteiger partial charge >= 0.3 is 0 Å². The van der Waals surface area contributed by atoms with Crippen molar-refractivity contribution >= 4 is 23.3 Å². The number of hydrogen-bond donors (Lipinski definition) is 0. The molecule has 0 aromatic carbocycles. The summed E-state index contributed by atoms with van der Waals surface area (Å²) >= 11 is 1.53. The molecule has 0 amide bonds. The molecule has 1 aromatic heterocycles. The van der Waals surface area contributed by atoms with Crippen molar-refractivity contribution in [2.24, 2.45) is 0 Å². The second-order valence-corrected chi connectivity index (χ2v) is 5.19. The first-order valence-corrected chi connectivity index (χ1v) is 6.65. The maximum Gasteiger partial charge on any atom is 0.160 e. The predicted octanol–water partition coefficient (Wildman–Crippen LogP) is 2.09. The summed E-state index contributed by atoms with van der Waals surface area (Å²) in [6.45, 7) is 8.84. The van der Waals surface area contributed by atoms with Gasteiger partial charge in [-0.3, -0.25) is 9.69 Å². The summed E-state index contributed by atoms with van der Waals surface area (Å²) in [7, 11) is 0. The summed E-state index contributed by atoms with van der Waals surface area (Å²) in [5.74, 6) is 0. The van der Waals surface area contributed by atoms with Gasteiger partial charge in [-0.25, -0.2) is 0 Å². The van der Waals surface area contributed by atoms with Crippen LogP contribution >= 0.6 is 11.3 Å². The lowest BCUT2D eigenvalue weighted by Gasteiger charge is -2.40. The molecule has 3 nitrogen and oxygen atoms in total. The van der Waals surface area contributed by atoms with E-state index in [2.05, 4.69) is 29.0 Å². The summed E-state index contributed by atoms with van der Waals surface area (Å²) < 4.78 is 0. The maximum absolute atomic E-state index is 10.6. The number of piperazine rings is 1. The van der Waals surface area contributed by atoms with Crippen LogP contribution in [0.15, 0.2) is 11.4 Å². The molecular formula is C12H18N2OS. The fraction of sp³-hybridized carbons (Fsp3) is 0.583. The first kappa shape index (κ1) is 11.6. The van der Waals surface area contributed by atoms with E-state index in [0.717, 1.165) is 37.3 Å². The van der Waals surface area contributed by atoms with Crippen LogP contribution in [0, 0.1) is 0 Å². The normalized spacial score (nSPS) is 22.4. The van der Waals surface area contributed by atoms with Gasteiger partial charge in [-0.15, -0.1) is 11.3 Å². The molecule has 4 heteroatoms.